The summed E-state index contributed by atoms with van der Waals surface area (Å²) in [5.74, 6) is 0. The van der Waals surface area contributed by atoms with Gasteiger partial charge in [0.1, 0.15) is 20.9 Å². The number of nitriles is 1. The van der Waals surface area contributed by atoms with Crippen molar-refractivity contribution >= 4 is 29.5 Å². The molecule has 0 aromatic carbocycles. The third-order valence-electron chi connectivity index (χ3n) is 3.22. The van der Waals surface area contributed by atoms with Gasteiger partial charge >= 0.3 is 0 Å². The minimum atomic E-state index is -2.89. The molecule has 0 saturated heterocycles. The molecule has 1 rings (SSSR count). The fourth-order valence-electron chi connectivity index (χ4n) is 1.06. The Morgan fingerprint density at radius 1 is 1.50 bits per heavy atom. The lowest BCUT2D eigenvalue weighted by Gasteiger charge is -2.32. The maximum absolute atomic E-state index is 12.5. The molecule has 0 aliphatic heterocycles. The van der Waals surface area contributed by atoms with Gasteiger partial charge in [0.05, 0.1) is 4.90 Å². The topological polar surface area (TPSA) is 79.2 Å². The van der Waals surface area contributed by atoms with Crippen molar-refractivity contribution in [3.8, 4) is 6.07 Å². The highest BCUT2D eigenvalue weighted by Gasteiger charge is 2.37. The van der Waals surface area contributed by atoms with Crippen LogP contribution in [-0.2, 0) is 9.92 Å². The zero-order valence-corrected chi connectivity index (χ0v) is 14.0. The van der Waals surface area contributed by atoms with Gasteiger partial charge in [-0.1, -0.05) is 20.8 Å². The van der Waals surface area contributed by atoms with Crippen molar-refractivity contribution in [2.24, 2.45) is 9.17 Å². The number of thiophene rings is 1. The second kappa shape index (κ2) is 4.77. The summed E-state index contributed by atoms with van der Waals surface area (Å²) in [6.45, 7) is 10.4. The van der Waals surface area contributed by atoms with Crippen molar-refractivity contribution in [3.05, 3.63) is 16.3 Å². The Hall–Kier alpha value is -0.683. The minimum absolute atomic E-state index is 0.0108. The van der Waals surface area contributed by atoms with Crippen molar-refractivity contribution in [2.45, 2.75) is 43.8 Å². The second-order valence-electron chi connectivity index (χ2n) is 5.73. The van der Waals surface area contributed by atoms with Crippen molar-refractivity contribution in [1.82, 2.24) is 0 Å². The molecule has 7 heteroatoms. The van der Waals surface area contributed by atoms with Crippen molar-refractivity contribution in [3.63, 3.8) is 0 Å². The molecule has 18 heavy (non-hydrogen) atoms. The summed E-state index contributed by atoms with van der Waals surface area (Å²) in [4.78, 5) is 0.975. The summed E-state index contributed by atoms with van der Waals surface area (Å²) in [6, 6.07) is 3.59. The third kappa shape index (κ3) is 3.20. The van der Waals surface area contributed by atoms with E-state index in [0.717, 1.165) is 0 Å². The Morgan fingerprint density at radius 2 is 2.06 bits per heavy atom. The molecule has 1 unspecified atom stereocenters. The van der Waals surface area contributed by atoms with Crippen molar-refractivity contribution in [1.29, 1.82) is 5.26 Å². The van der Waals surface area contributed by atoms with Gasteiger partial charge < -0.3 is 0 Å². The van der Waals surface area contributed by atoms with Crippen LogP contribution in [0.25, 0.3) is 0 Å². The Kier molecular flexibility index (Phi) is 4.08. The molecule has 0 saturated carbocycles. The van der Waals surface area contributed by atoms with Crippen LogP contribution in [0.1, 0.15) is 25.6 Å². The van der Waals surface area contributed by atoms with Crippen LogP contribution in [0, 0.1) is 11.3 Å². The quantitative estimate of drug-likeness (QED) is 0.850. The highest BCUT2D eigenvalue weighted by Crippen LogP contribution is 2.38. The van der Waals surface area contributed by atoms with E-state index < -0.39 is 18.2 Å². The lowest BCUT2D eigenvalue weighted by atomic mass is 10.2. The Bertz CT molecular complexity index is 599. The van der Waals surface area contributed by atoms with Crippen LogP contribution in [0.5, 0.6) is 0 Å². The molecule has 100 valence electrons. The molecule has 0 aliphatic carbocycles. The molecule has 1 atom stereocenters. The summed E-state index contributed by atoms with van der Waals surface area (Å²) < 4.78 is 17.0. The van der Waals surface area contributed by atoms with Crippen LogP contribution < -0.4 is 5.14 Å². The van der Waals surface area contributed by atoms with Crippen LogP contribution in [-0.4, -0.2) is 12.4 Å². The maximum Gasteiger partial charge on any atom is 0.195 e. The van der Waals surface area contributed by atoms with Crippen LogP contribution in [0.2, 0.25) is 18.1 Å². The molecule has 0 fully saturated rings. The normalized spacial score (nSPS) is 15.8. The van der Waals surface area contributed by atoms with E-state index in [0.29, 0.717) is 9.77 Å². The van der Waals surface area contributed by atoms with Gasteiger partial charge in [0.2, 0.25) is 0 Å². The van der Waals surface area contributed by atoms with Gasteiger partial charge in [0.15, 0.2) is 8.24 Å². The van der Waals surface area contributed by atoms with Gasteiger partial charge in [0.25, 0.3) is 0 Å². The Labute approximate surface area is 114 Å². The molecule has 0 amide bonds. The highest BCUT2D eigenvalue weighted by atomic mass is 32.2. The fourth-order valence-corrected chi connectivity index (χ4v) is 6.90. The molecule has 1 aromatic rings. The molecule has 2 N–H and O–H groups in total. The van der Waals surface area contributed by atoms with Gasteiger partial charge in [-0.3, -0.25) is 4.03 Å². The predicted octanol–water partition coefficient (Wildman–Crippen LogP) is 3.33. The molecule has 0 bridgehead atoms. The van der Waals surface area contributed by atoms with E-state index in [1.54, 1.807) is 11.4 Å². The second-order valence-corrected chi connectivity index (χ2v) is 13.6. The smallest absolute Gasteiger partial charge is 0.195 e. The molecule has 4 nitrogen and oxygen atoms in total. The standard InChI is InChI=1S/C11H19N3OS2Si/c1-11(2,3)18(4,5)14-17(13,15)10-6-9(7-12)16-8-10/h6,8H,1-5H3,(H2,13,14,15). The molecule has 1 heterocycles. The van der Waals surface area contributed by atoms with Crippen molar-refractivity contribution in [2.75, 3.05) is 0 Å². The van der Waals surface area contributed by atoms with E-state index in [1.807, 2.05) is 6.07 Å². The van der Waals surface area contributed by atoms with Crippen molar-refractivity contribution < 1.29 is 4.21 Å². The predicted molar refractivity (Wildman–Crippen MR) is 79.3 cm³/mol. The lowest BCUT2D eigenvalue weighted by molar-refractivity contribution is 0.676. The number of nitrogens with two attached hydrogens (primary N) is 1. The number of nitrogens with zero attached hydrogens (tertiary/aromatic N) is 2. The van der Waals surface area contributed by atoms with E-state index in [4.69, 9.17) is 10.4 Å². The Morgan fingerprint density at radius 3 is 2.44 bits per heavy atom. The Balaban J connectivity index is 3.31. The molecule has 0 radical (unpaired) electrons. The average molecular weight is 302 g/mol. The summed E-state index contributed by atoms with van der Waals surface area (Å²) in [5.41, 5.74) is 0. The van der Waals surface area contributed by atoms with E-state index in [2.05, 4.69) is 37.9 Å². The van der Waals surface area contributed by atoms with E-state index in [9.17, 15) is 4.21 Å². The number of hydrogen-bond acceptors (Lipinski definition) is 4. The van der Waals surface area contributed by atoms with Crippen LogP contribution in [0.15, 0.2) is 20.4 Å². The maximum atomic E-state index is 12.5. The van der Waals surface area contributed by atoms with Gasteiger partial charge in [-0.2, -0.15) is 5.26 Å². The van der Waals surface area contributed by atoms with Crippen LogP contribution in [0.3, 0.4) is 0 Å². The summed E-state index contributed by atoms with van der Waals surface area (Å²) in [6.07, 6.45) is 0. The SMILES string of the molecule is CC(C)(C)[Si](C)(C)N=S(N)(=O)c1csc(C#N)c1. The molecule has 0 aliphatic rings. The first-order chi connectivity index (χ1) is 7.99. The molecular formula is C11H19N3OS2Si. The summed E-state index contributed by atoms with van der Waals surface area (Å²) >= 11 is 1.25. The number of rotatable bonds is 2. The average Bonchev–Trinajstić information content (AvgIpc) is 2.62. The van der Waals surface area contributed by atoms with Gasteiger partial charge in [-0.15, -0.1) is 11.3 Å². The zero-order valence-electron chi connectivity index (χ0n) is 11.4. The summed E-state index contributed by atoms with van der Waals surface area (Å²) in [5, 5.41) is 16.3. The first kappa shape index (κ1) is 15.4. The molecule has 0 spiro atoms. The monoisotopic (exact) mass is 301 g/mol. The minimum Gasteiger partial charge on any atom is -0.261 e. The molecule has 1 aromatic heterocycles. The largest absolute Gasteiger partial charge is 0.261 e. The zero-order chi connectivity index (χ0) is 14.2. The summed E-state index contributed by atoms with van der Waals surface area (Å²) in [7, 11) is -4.97. The highest BCUT2D eigenvalue weighted by molar-refractivity contribution is 7.92. The van der Waals surface area contributed by atoms with E-state index >= 15 is 0 Å². The first-order valence-electron chi connectivity index (χ1n) is 5.54. The molecular weight excluding hydrogens is 282 g/mol. The fraction of sp³-hybridized carbons (Fsp3) is 0.545. The van der Waals surface area contributed by atoms with Gasteiger partial charge in [-0.05, 0) is 24.2 Å². The first-order valence-corrected chi connectivity index (χ1v) is 10.9. The lowest BCUT2D eigenvalue weighted by Crippen LogP contribution is -2.37. The third-order valence-corrected chi connectivity index (χ3v) is 11.7. The number of hydrogen-bond donors (Lipinski definition) is 1. The van der Waals surface area contributed by atoms with E-state index in [1.165, 1.54) is 11.3 Å². The van der Waals surface area contributed by atoms with E-state index in [-0.39, 0.29) is 5.04 Å². The van der Waals surface area contributed by atoms with Gasteiger partial charge in [0, 0.05) is 5.38 Å². The van der Waals surface area contributed by atoms with Gasteiger partial charge in [-0.25, -0.2) is 9.35 Å². The van der Waals surface area contributed by atoms with Crippen LogP contribution in [0.4, 0.5) is 0 Å². The van der Waals surface area contributed by atoms with Crippen LogP contribution >= 0.6 is 11.3 Å².